The highest BCUT2D eigenvalue weighted by atomic mass is 16.1. The quantitative estimate of drug-likeness (QED) is 0.472. The molecule has 2 heteroatoms. The summed E-state index contributed by atoms with van der Waals surface area (Å²) < 4.78 is 0. The summed E-state index contributed by atoms with van der Waals surface area (Å²) in [5.74, 6) is 2.74. The number of carbonyl (C=O) groups excluding carboxylic acids is 1. The number of hydrogen-bond acceptors (Lipinski definition) is 1. The van der Waals surface area contributed by atoms with Crippen LogP contribution in [-0.4, -0.2) is 12.5 Å². The van der Waals surface area contributed by atoms with Crippen molar-refractivity contribution < 1.29 is 4.79 Å². The maximum atomic E-state index is 11.7. The van der Waals surface area contributed by atoms with Crippen molar-refractivity contribution in [2.45, 2.75) is 58.8 Å². The molecule has 0 saturated carbocycles. The van der Waals surface area contributed by atoms with Gasteiger partial charge in [-0.25, -0.2) is 0 Å². The van der Waals surface area contributed by atoms with Crippen molar-refractivity contribution in [3.8, 4) is 12.3 Å². The lowest BCUT2D eigenvalue weighted by molar-refractivity contribution is -0.125. The van der Waals surface area contributed by atoms with Crippen molar-refractivity contribution in [2.75, 3.05) is 6.54 Å². The average molecular weight is 223 g/mol. The fraction of sp³-hybridized carbons (Fsp3) is 0.786. The molecular weight excluding hydrogens is 198 g/mol. The Hall–Kier alpha value is -0.970. The second-order valence-electron chi connectivity index (χ2n) is 4.26. The van der Waals surface area contributed by atoms with Gasteiger partial charge in [0.05, 0.1) is 6.54 Å². The maximum absolute atomic E-state index is 11.7. The molecule has 0 bridgehead atoms. The molecule has 0 aromatic heterocycles. The van der Waals surface area contributed by atoms with Crippen LogP contribution in [0.3, 0.4) is 0 Å². The van der Waals surface area contributed by atoms with Crippen LogP contribution in [0.5, 0.6) is 0 Å². The van der Waals surface area contributed by atoms with E-state index in [2.05, 4.69) is 25.1 Å². The number of amides is 1. The highest BCUT2D eigenvalue weighted by Crippen LogP contribution is 2.16. The lowest BCUT2D eigenvalue weighted by Crippen LogP contribution is -2.30. The molecule has 0 unspecified atom stereocenters. The van der Waals surface area contributed by atoms with Crippen LogP contribution >= 0.6 is 0 Å². The number of terminal acetylenes is 1. The summed E-state index contributed by atoms with van der Waals surface area (Å²) in [7, 11) is 0. The van der Waals surface area contributed by atoms with Crippen LogP contribution in [0.25, 0.3) is 0 Å². The minimum Gasteiger partial charge on any atom is -0.345 e. The molecule has 0 saturated heterocycles. The van der Waals surface area contributed by atoms with Crippen LogP contribution in [0.4, 0.5) is 0 Å². The number of carbonyl (C=O) groups is 1. The molecule has 0 fully saturated rings. The smallest absolute Gasteiger partial charge is 0.223 e. The van der Waals surface area contributed by atoms with E-state index in [-0.39, 0.29) is 11.8 Å². The van der Waals surface area contributed by atoms with Crippen molar-refractivity contribution in [3.63, 3.8) is 0 Å². The first kappa shape index (κ1) is 15.0. The van der Waals surface area contributed by atoms with Crippen molar-refractivity contribution in [2.24, 2.45) is 5.92 Å². The summed E-state index contributed by atoms with van der Waals surface area (Å²) in [5.41, 5.74) is 0. The number of unbranched alkanes of at least 4 members (excludes halogenated alkanes) is 3. The summed E-state index contributed by atoms with van der Waals surface area (Å²) >= 11 is 0. The largest absolute Gasteiger partial charge is 0.345 e. The fourth-order valence-corrected chi connectivity index (χ4v) is 1.85. The second kappa shape index (κ2) is 10.5. The molecule has 92 valence electrons. The first-order valence-electron chi connectivity index (χ1n) is 6.47. The van der Waals surface area contributed by atoms with E-state index in [4.69, 9.17) is 6.42 Å². The third-order valence-electron chi connectivity index (χ3n) is 2.78. The normalized spacial score (nSPS) is 11.8. The van der Waals surface area contributed by atoms with Gasteiger partial charge < -0.3 is 5.32 Å². The molecule has 2 nitrogen and oxygen atoms in total. The highest BCUT2D eigenvalue weighted by Gasteiger charge is 2.15. The third-order valence-corrected chi connectivity index (χ3v) is 2.78. The molecule has 16 heavy (non-hydrogen) atoms. The third kappa shape index (κ3) is 7.34. The first-order valence-corrected chi connectivity index (χ1v) is 6.47. The van der Waals surface area contributed by atoms with Crippen LogP contribution in [0.2, 0.25) is 0 Å². The Morgan fingerprint density at radius 3 is 2.50 bits per heavy atom. The fourth-order valence-electron chi connectivity index (χ4n) is 1.85. The summed E-state index contributed by atoms with van der Waals surface area (Å²) in [4.78, 5) is 11.7. The van der Waals surface area contributed by atoms with E-state index in [0.717, 1.165) is 25.7 Å². The lowest BCUT2D eigenvalue weighted by atomic mass is 9.95. The SMILES string of the molecule is C#CCNC(=O)[C@H](CCC)CCCCCC. The molecule has 0 spiro atoms. The van der Waals surface area contributed by atoms with E-state index in [1.165, 1.54) is 19.3 Å². The van der Waals surface area contributed by atoms with Gasteiger partial charge in [0.25, 0.3) is 0 Å². The van der Waals surface area contributed by atoms with Crippen molar-refractivity contribution in [1.82, 2.24) is 5.32 Å². The number of nitrogens with one attached hydrogen (secondary N) is 1. The summed E-state index contributed by atoms with van der Waals surface area (Å²) in [6.07, 6.45) is 13.1. The van der Waals surface area contributed by atoms with Crippen molar-refractivity contribution >= 4 is 5.91 Å². The molecule has 1 amide bonds. The topological polar surface area (TPSA) is 29.1 Å². The van der Waals surface area contributed by atoms with Gasteiger partial charge in [-0.15, -0.1) is 6.42 Å². The van der Waals surface area contributed by atoms with Crippen molar-refractivity contribution in [3.05, 3.63) is 0 Å². The predicted molar refractivity (Wildman–Crippen MR) is 69.0 cm³/mol. The van der Waals surface area contributed by atoms with Gasteiger partial charge >= 0.3 is 0 Å². The molecule has 0 aliphatic rings. The molecule has 0 rings (SSSR count). The van der Waals surface area contributed by atoms with Crippen LogP contribution in [-0.2, 0) is 4.79 Å². The van der Waals surface area contributed by atoms with Gasteiger partial charge in [-0.3, -0.25) is 4.79 Å². The van der Waals surface area contributed by atoms with Crippen LogP contribution in [0.15, 0.2) is 0 Å². The van der Waals surface area contributed by atoms with E-state index in [0.29, 0.717) is 6.54 Å². The Balaban J connectivity index is 3.86. The monoisotopic (exact) mass is 223 g/mol. The van der Waals surface area contributed by atoms with Crippen LogP contribution in [0, 0.1) is 18.3 Å². The zero-order valence-electron chi connectivity index (χ0n) is 10.7. The molecule has 0 radical (unpaired) electrons. The predicted octanol–water partition coefficient (Wildman–Crippen LogP) is 3.12. The Kier molecular flexibility index (Phi) is 9.91. The molecule has 0 aliphatic carbocycles. The summed E-state index contributed by atoms with van der Waals surface area (Å²) in [5, 5.41) is 2.78. The minimum absolute atomic E-state index is 0.135. The van der Waals surface area contributed by atoms with E-state index in [1.807, 2.05) is 0 Å². The maximum Gasteiger partial charge on any atom is 0.223 e. The lowest BCUT2D eigenvalue weighted by Gasteiger charge is -2.14. The van der Waals surface area contributed by atoms with Gasteiger partial charge in [0.2, 0.25) is 5.91 Å². The molecule has 0 aromatic rings. The highest BCUT2D eigenvalue weighted by molar-refractivity contribution is 5.78. The molecule has 0 aromatic carbocycles. The van der Waals surface area contributed by atoms with Gasteiger partial charge in [0.15, 0.2) is 0 Å². The van der Waals surface area contributed by atoms with Crippen LogP contribution < -0.4 is 5.32 Å². The standard InChI is InChI=1S/C14H25NO/c1-4-7-8-9-11-13(10-5-2)14(16)15-12-6-3/h3,13H,4-5,7-12H2,1-2H3,(H,15,16)/t13-/m1/s1. The Morgan fingerprint density at radius 1 is 1.19 bits per heavy atom. The van der Waals surface area contributed by atoms with E-state index in [9.17, 15) is 4.79 Å². The van der Waals surface area contributed by atoms with Gasteiger partial charge in [0.1, 0.15) is 0 Å². The molecule has 0 aliphatic heterocycles. The number of rotatable bonds is 9. The molecule has 1 atom stereocenters. The average Bonchev–Trinajstić information content (AvgIpc) is 2.30. The summed E-state index contributed by atoms with van der Waals surface area (Å²) in [6, 6.07) is 0. The van der Waals surface area contributed by atoms with E-state index >= 15 is 0 Å². The molecule has 0 heterocycles. The van der Waals surface area contributed by atoms with Gasteiger partial charge in [-0.1, -0.05) is 51.9 Å². The van der Waals surface area contributed by atoms with Gasteiger partial charge in [0, 0.05) is 5.92 Å². The Labute approximate surface area is 100 Å². The second-order valence-corrected chi connectivity index (χ2v) is 4.26. The van der Waals surface area contributed by atoms with E-state index < -0.39 is 0 Å². The molecule has 1 N–H and O–H groups in total. The zero-order valence-corrected chi connectivity index (χ0v) is 10.7. The van der Waals surface area contributed by atoms with Gasteiger partial charge in [-0.05, 0) is 12.8 Å². The minimum atomic E-state index is 0.135. The zero-order chi connectivity index (χ0) is 12.2. The van der Waals surface area contributed by atoms with Crippen molar-refractivity contribution in [1.29, 1.82) is 0 Å². The van der Waals surface area contributed by atoms with E-state index in [1.54, 1.807) is 0 Å². The van der Waals surface area contributed by atoms with Crippen LogP contribution in [0.1, 0.15) is 58.8 Å². The van der Waals surface area contributed by atoms with Gasteiger partial charge in [-0.2, -0.15) is 0 Å². The Morgan fingerprint density at radius 2 is 1.94 bits per heavy atom. The molecular formula is C14H25NO. The first-order chi connectivity index (χ1) is 7.76. The summed E-state index contributed by atoms with van der Waals surface area (Å²) in [6.45, 7) is 4.67. The number of hydrogen-bond donors (Lipinski definition) is 1. The Bertz CT molecular complexity index is 217.